The first-order valence-electron chi connectivity index (χ1n) is 9.24. The van der Waals surface area contributed by atoms with Crippen molar-refractivity contribution in [3.63, 3.8) is 0 Å². The zero-order valence-corrected chi connectivity index (χ0v) is 18.9. The molecule has 0 aromatic heterocycles. The summed E-state index contributed by atoms with van der Waals surface area (Å²) < 4.78 is 37.8. The lowest BCUT2D eigenvalue weighted by atomic mass is 9.98. The van der Waals surface area contributed by atoms with Gasteiger partial charge in [0.25, 0.3) is 0 Å². The number of ether oxygens (including phenoxy) is 2. The summed E-state index contributed by atoms with van der Waals surface area (Å²) in [6, 6.07) is 9.22. The van der Waals surface area contributed by atoms with Gasteiger partial charge in [-0.1, -0.05) is 23.2 Å². The molecule has 2 aromatic carbocycles. The first-order valence-corrected chi connectivity index (χ1v) is 11.4. The number of hydrogen-bond acceptors (Lipinski definition) is 5. The smallest absolute Gasteiger partial charge is 0.243 e. The van der Waals surface area contributed by atoms with Crippen molar-refractivity contribution in [3.8, 4) is 11.5 Å². The Hall–Kier alpha value is -2.00. The summed E-state index contributed by atoms with van der Waals surface area (Å²) >= 11 is 12.1. The topological polar surface area (TPSA) is 84.9 Å². The van der Waals surface area contributed by atoms with Crippen LogP contribution in [0.25, 0.3) is 0 Å². The van der Waals surface area contributed by atoms with Gasteiger partial charge in [0, 0.05) is 18.1 Å². The summed E-state index contributed by atoms with van der Waals surface area (Å²) in [6.07, 6.45) is 1.14. The molecule has 1 atom stereocenters. The summed E-state index contributed by atoms with van der Waals surface area (Å²) in [6.45, 7) is 0.400. The van der Waals surface area contributed by atoms with Gasteiger partial charge < -0.3 is 14.8 Å². The number of benzene rings is 2. The maximum atomic E-state index is 13.1. The Morgan fingerprint density at radius 1 is 1.10 bits per heavy atom. The number of carbonyl (C=O) groups is 1. The van der Waals surface area contributed by atoms with E-state index in [1.54, 1.807) is 18.2 Å². The molecule has 0 bridgehead atoms. The number of hydrogen-bond donors (Lipinski definition) is 1. The molecule has 1 fully saturated rings. The summed E-state index contributed by atoms with van der Waals surface area (Å²) in [5, 5.41) is 3.46. The monoisotopic (exact) mass is 472 g/mol. The van der Waals surface area contributed by atoms with Crippen LogP contribution in [0, 0.1) is 5.92 Å². The molecule has 30 heavy (non-hydrogen) atoms. The molecule has 1 aliphatic rings. The average molecular weight is 473 g/mol. The third-order valence-electron chi connectivity index (χ3n) is 4.94. The molecule has 162 valence electrons. The Kier molecular flexibility index (Phi) is 7.13. The van der Waals surface area contributed by atoms with Crippen LogP contribution in [0.5, 0.6) is 11.5 Å². The average Bonchev–Trinajstić information content (AvgIpc) is 2.74. The van der Waals surface area contributed by atoms with Gasteiger partial charge in [-0.2, -0.15) is 4.31 Å². The van der Waals surface area contributed by atoms with Gasteiger partial charge in [0.15, 0.2) is 0 Å². The number of halogens is 2. The molecule has 1 N–H and O–H groups in total. The van der Waals surface area contributed by atoms with E-state index in [1.165, 1.54) is 36.7 Å². The van der Waals surface area contributed by atoms with E-state index in [9.17, 15) is 13.2 Å². The number of anilines is 1. The first-order chi connectivity index (χ1) is 14.3. The van der Waals surface area contributed by atoms with Crippen molar-refractivity contribution in [3.05, 3.63) is 46.4 Å². The van der Waals surface area contributed by atoms with E-state index >= 15 is 0 Å². The summed E-state index contributed by atoms with van der Waals surface area (Å²) in [7, 11) is -0.850. The first kappa shape index (κ1) is 22.7. The molecule has 7 nitrogen and oxygen atoms in total. The molecule has 0 unspecified atom stereocenters. The van der Waals surface area contributed by atoms with Gasteiger partial charge in [-0.05, 0) is 49.2 Å². The van der Waals surface area contributed by atoms with Crippen LogP contribution in [-0.4, -0.2) is 45.9 Å². The molecule has 2 aromatic rings. The fourth-order valence-electron chi connectivity index (χ4n) is 3.34. The molecule has 1 amide bonds. The predicted molar refractivity (Wildman–Crippen MR) is 116 cm³/mol. The Bertz CT molecular complexity index is 1050. The van der Waals surface area contributed by atoms with Crippen LogP contribution in [0.2, 0.25) is 10.0 Å². The number of piperidine rings is 1. The van der Waals surface area contributed by atoms with Crippen LogP contribution >= 0.6 is 23.2 Å². The van der Waals surface area contributed by atoms with Crippen molar-refractivity contribution in [2.24, 2.45) is 5.92 Å². The maximum absolute atomic E-state index is 13.1. The molecular formula is C20H22Cl2N2O5S. The maximum Gasteiger partial charge on any atom is 0.243 e. The Morgan fingerprint density at radius 2 is 1.80 bits per heavy atom. The number of carbonyl (C=O) groups excluding carboxylic acids is 1. The fourth-order valence-corrected chi connectivity index (χ4v) is 5.39. The molecule has 0 spiro atoms. The van der Waals surface area contributed by atoms with E-state index in [1.807, 2.05) is 0 Å². The molecule has 1 aliphatic heterocycles. The Morgan fingerprint density at radius 3 is 2.47 bits per heavy atom. The van der Waals surface area contributed by atoms with Gasteiger partial charge in [-0.15, -0.1) is 0 Å². The Balaban J connectivity index is 1.77. The summed E-state index contributed by atoms with van der Waals surface area (Å²) in [5.41, 5.74) is 0.442. The van der Waals surface area contributed by atoms with E-state index in [4.69, 9.17) is 32.7 Å². The number of sulfonamides is 1. The third-order valence-corrected chi connectivity index (χ3v) is 7.33. The van der Waals surface area contributed by atoms with Gasteiger partial charge >= 0.3 is 0 Å². The zero-order valence-electron chi connectivity index (χ0n) is 16.5. The lowest BCUT2D eigenvalue weighted by Crippen LogP contribution is -2.43. The van der Waals surface area contributed by atoms with Gasteiger partial charge in [-0.3, -0.25) is 4.79 Å². The second kappa shape index (κ2) is 9.43. The van der Waals surface area contributed by atoms with Crippen LogP contribution in [0.3, 0.4) is 0 Å². The van der Waals surface area contributed by atoms with Gasteiger partial charge in [0.05, 0.1) is 35.7 Å². The van der Waals surface area contributed by atoms with E-state index in [-0.39, 0.29) is 22.4 Å². The van der Waals surface area contributed by atoms with E-state index in [0.29, 0.717) is 41.6 Å². The van der Waals surface area contributed by atoms with Crippen LogP contribution < -0.4 is 14.8 Å². The predicted octanol–water partition coefficient (Wildman–Crippen LogP) is 4.05. The van der Waals surface area contributed by atoms with E-state index < -0.39 is 15.9 Å². The number of nitrogens with one attached hydrogen (secondary N) is 1. The number of nitrogens with zero attached hydrogens (tertiary/aromatic N) is 1. The number of methoxy groups -OCH3 is 2. The largest absolute Gasteiger partial charge is 0.495 e. The molecule has 3 rings (SSSR count). The minimum absolute atomic E-state index is 0.0610. The third kappa shape index (κ3) is 4.83. The van der Waals surface area contributed by atoms with Gasteiger partial charge in [0.2, 0.25) is 15.9 Å². The molecule has 1 heterocycles. The van der Waals surface area contributed by atoms with Crippen LogP contribution in [0.4, 0.5) is 5.69 Å². The number of amides is 1. The minimum Gasteiger partial charge on any atom is -0.495 e. The highest BCUT2D eigenvalue weighted by Gasteiger charge is 2.34. The zero-order chi connectivity index (χ0) is 21.9. The Labute approximate surface area is 185 Å². The minimum atomic E-state index is -3.80. The van der Waals surface area contributed by atoms with Crippen molar-refractivity contribution >= 4 is 44.8 Å². The standard InChI is InChI=1S/C20H22Cl2N2O5S/c1-28-18-8-6-15(11-16(18)22)30(26,27)24-9-3-4-13(12-24)20(25)23-17-10-14(21)5-7-19(17)29-2/h5-8,10-11,13H,3-4,9,12H2,1-2H3,(H,23,25)/t13-/m0/s1. The van der Waals surface area contributed by atoms with E-state index in [2.05, 4.69) is 5.32 Å². The highest BCUT2D eigenvalue weighted by atomic mass is 35.5. The van der Waals surface area contributed by atoms with Crippen LogP contribution in [-0.2, 0) is 14.8 Å². The molecule has 0 radical (unpaired) electrons. The lowest BCUT2D eigenvalue weighted by molar-refractivity contribution is -0.120. The number of rotatable bonds is 6. The fraction of sp³-hybridized carbons (Fsp3) is 0.350. The second-order valence-electron chi connectivity index (χ2n) is 6.83. The lowest BCUT2D eigenvalue weighted by Gasteiger charge is -2.31. The van der Waals surface area contributed by atoms with Crippen molar-refractivity contribution in [2.45, 2.75) is 17.7 Å². The van der Waals surface area contributed by atoms with Gasteiger partial charge in [-0.25, -0.2) is 8.42 Å². The molecule has 10 heteroatoms. The SMILES string of the molecule is COc1ccc(S(=O)(=O)N2CCC[C@H](C(=O)Nc3cc(Cl)ccc3OC)C2)cc1Cl. The summed E-state index contributed by atoms with van der Waals surface area (Å²) in [4.78, 5) is 12.9. The molecule has 0 aliphatic carbocycles. The highest BCUT2D eigenvalue weighted by molar-refractivity contribution is 7.89. The van der Waals surface area contributed by atoms with Crippen molar-refractivity contribution in [1.82, 2.24) is 4.31 Å². The molecule has 0 saturated carbocycles. The molecule has 1 saturated heterocycles. The second-order valence-corrected chi connectivity index (χ2v) is 9.61. The summed E-state index contributed by atoms with van der Waals surface area (Å²) in [5.74, 6) is 0.0667. The van der Waals surface area contributed by atoms with Crippen molar-refractivity contribution in [2.75, 3.05) is 32.6 Å². The quantitative estimate of drug-likeness (QED) is 0.685. The molecular weight excluding hydrogens is 451 g/mol. The van der Waals surface area contributed by atoms with E-state index in [0.717, 1.165) is 0 Å². The van der Waals surface area contributed by atoms with Crippen molar-refractivity contribution < 1.29 is 22.7 Å². The van der Waals surface area contributed by atoms with Crippen LogP contribution in [0.15, 0.2) is 41.3 Å². The van der Waals surface area contributed by atoms with Crippen molar-refractivity contribution in [1.29, 1.82) is 0 Å². The normalized spacial score (nSPS) is 17.4. The highest BCUT2D eigenvalue weighted by Crippen LogP contribution is 2.32. The van der Waals surface area contributed by atoms with Crippen LogP contribution in [0.1, 0.15) is 12.8 Å². The van der Waals surface area contributed by atoms with Gasteiger partial charge in [0.1, 0.15) is 11.5 Å².